The molecule has 1 atom stereocenters. The topological polar surface area (TPSA) is 66.8 Å². The van der Waals surface area contributed by atoms with Gasteiger partial charge in [-0.1, -0.05) is 48.0 Å². The van der Waals surface area contributed by atoms with Gasteiger partial charge in [-0.3, -0.25) is 9.59 Å². The highest BCUT2D eigenvalue weighted by Gasteiger charge is 2.50. The van der Waals surface area contributed by atoms with E-state index in [0.29, 0.717) is 29.1 Å². The van der Waals surface area contributed by atoms with Crippen LogP contribution >= 0.6 is 0 Å². The fourth-order valence-corrected chi connectivity index (χ4v) is 3.94. The number of anilines is 1. The van der Waals surface area contributed by atoms with Crippen LogP contribution in [-0.4, -0.2) is 23.9 Å². The normalized spacial score (nSPS) is 17.7. The lowest BCUT2D eigenvalue weighted by molar-refractivity contribution is -0.136. The highest BCUT2D eigenvalue weighted by molar-refractivity contribution is 6.10. The number of ether oxygens (including phenoxy) is 1. The van der Waals surface area contributed by atoms with Crippen LogP contribution in [0.25, 0.3) is 0 Å². The molecule has 1 heterocycles. The van der Waals surface area contributed by atoms with Gasteiger partial charge < -0.3 is 14.7 Å². The highest BCUT2D eigenvalue weighted by atomic mass is 16.5. The fourth-order valence-electron chi connectivity index (χ4n) is 3.94. The van der Waals surface area contributed by atoms with Crippen LogP contribution in [0.1, 0.15) is 33.5 Å². The van der Waals surface area contributed by atoms with Crippen molar-refractivity contribution >= 4 is 17.4 Å². The Morgan fingerprint density at radius 2 is 1.77 bits per heavy atom. The van der Waals surface area contributed by atoms with E-state index in [1.54, 1.807) is 54.5 Å². The summed E-state index contributed by atoms with van der Waals surface area (Å²) in [4.78, 5) is 27.8. The van der Waals surface area contributed by atoms with E-state index >= 15 is 0 Å². The molecule has 0 radical (unpaired) electrons. The molecule has 1 aliphatic heterocycles. The van der Waals surface area contributed by atoms with Crippen molar-refractivity contribution in [3.8, 4) is 5.75 Å². The first-order valence-electron chi connectivity index (χ1n) is 9.79. The van der Waals surface area contributed by atoms with Gasteiger partial charge >= 0.3 is 0 Å². The molecule has 1 N–H and O–H groups in total. The predicted octanol–water partition coefficient (Wildman–Crippen LogP) is 4.01. The number of ketones is 1. The van der Waals surface area contributed by atoms with E-state index in [9.17, 15) is 14.7 Å². The minimum atomic E-state index is -1.89. The molecule has 0 aliphatic carbocycles. The number of para-hydroxylation sites is 1. The zero-order valence-electron chi connectivity index (χ0n) is 17.0. The first-order valence-corrected chi connectivity index (χ1v) is 9.79. The van der Waals surface area contributed by atoms with Gasteiger partial charge in [-0.2, -0.15) is 0 Å². The molecule has 1 aliphatic rings. The van der Waals surface area contributed by atoms with Crippen LogP contribution in [0, 0.1) is 6.92 Å². The number of benzene rings is 3. The van der Waals surface area contributed by atoms with E-state index in [1.807, 2.05) is 37.3 Å². The third kappa shape index (κ3) is 3.48. The van der Waals surface area contributed by atoms with Crippen molar-refractivity contribution in [2.75, 3.05) is 12.0 Å². The van der Waals surface area contributed by atoms with E-state index in [2.05, 4.69) is 0 Å². The molecule has 3 aromatic carbocycles. The number of amides is 1. The van der Waals surface area contributed by atoms with Gasteiger partial charge in [0, 0.05) is 11.1 Å². The van der Waals surface area contributed by atoms with Crippen LogP contribution in [0.4, 0.5) is 5.69 Å². The van der Waals surface area contributed by atoms with Crippen LogP contribution in [0.5, 0.6) is 5.75 Å². The maximum absolute atomic E-state index is 13.3. The lowest BCUT2D eigenvalue weighted by Crippen LogP contribution is -2.41. The number of nitrogens with zero attached hydrogens (tertiary/aromatic N) is 1. The Kier molecular flexibility index (Phi) is 5.14. The molecular formula is C25H23NO4. The van der Waals surface area contributed by atoms with Crippen LogP contribution in [-0.2, 0) is 16.9 Å². The summed E-state index contributed by atoms with van der Waals surface area (Å²) in [5.41, 5.74) is 1.68. The van der Waals surface area contributed by atoms with Crippen molar-refractivity contribution in [2.45, 2.75) is 25.5 Å². The monoisotopic (exact) mass is 401 g/mol. The van der Waals surface area contributed by atoms with Gasteiger partial charge in [-0.05, 0) is 42.8 Å². The smallest absolute Gasteiger partial charge is 0.264 e. The quantitative estimate of drug-likeness (QED) is 0.634. The van der Waals surface area contributed by atoms with Crippen molar-refractivity contribution < 1.29 is 19.4 Å². The van der Waals surface area contributed by atoms with E-state index in [1.165, 1.54) is 0 Å². The second kappa shape index (κ2) is 7.76. The summed E-state index contributed by atoms with van der Waals surface area (Å²) in [6.07, 6.45) is -0.320. The molecule has 0 aromatic heterocycles. The van der Waals surface area contributed by atoms with Gasteiger partial charge in [0.05, 0.1) is 25.8 Å². The van der Waals surface area contributed by atoms with Crippen molar-refractivity contribution in [3.05, 3.63) is 95.1 Å². The molecule has 5 nitrogen and oxygen atoms in total. The Hall–Kier alpha value is -3.44. The number of hydrogen-bond acceptors (Lipinski definition) is 4. The molecule has 5 heteroatoms. The van der Waals surface area contributed by atoms with Crippen LogP contribution in [0.2, 0.25) is 0 Å². The van der Waals surface area contributed by atoms with E-state index in [-0.39, 0.29) is 12.2 Å². The molecular weight excluding hydrogens is 378 g/mol. The maximum Gasteiger partial charge on any atom is 0.264 e. The summed E-state index contributed by atoms with van der Waals surface area (Å²) in [5, 5.41) is 11.4. The number of Topliss-reactive ketones (excluding diaryl/α,β-unsaturated/α-hetero) is 1. The van der Waals surface area contributed by atoms with Crippen LogP contribution in [0.3, 0.4) is 0 Å². The average molecular weight is 401 g/mol. The van der Waals surface area contributed by atoms with Gasteiger partial charge in [0.2, 0.25) is 0 Å². The Labute approximate surface area is 175 Å². The van der Waals surface area contributed by atoms with Crippen LogP contribution < -0.4 is 9.64 Å². The third-order valence-corrected chi connectivity index (χ3v) is 5.49. The van der Waals surface area contributed by atoms with Gasteiger partial charge in [-0.25, -0.2) is 0 Å². The molecule has 0 saturated heterocycles. The van der Waals surface area contributed by atoms with Crippen LogP contribution in [0.15, 0.2) is 72.8 Å². The number of carbonyl (C=O) groups excluding carboxylic acids is 2. The number of fused-ring (bicyclic) bond motifs is 1. The molecule has 30 heavy (non-hydrogen) atoms. The first-order chi connectivity index (χ1) is 14.4. The second-order valence-corrected chi connectivity index (χ2v) is 7.59. The SMILES string of the molecule is COc1ccc(C(=O)CC2(O)C(=O)N(Cc3cccc(C)c3)c3ccccc32)cc1. The second-order valence-electron chi connectivity index (χ2n) is 7.59. The lowest BCUT2D eigenvalue weighted by atomic mass is 9.88. The van der Waals surface area contributed by atoms with Gasteiger partial charge in [0.25, 0.3) is 5.91 Å². The zero-order valence-corrected chi connectivity index (χ0v) is 17.0. The number of hydrogen-bond donors (Lipinski definition) is 1. The largest absolute Gasteiger partial charge is 0.497 e. The Morgan fingerprint density at radius 3 is 2.47 bits per heavy atom. The predicted molar refractivity (Wildman–Crippen MR) is 115 cm³/mol. The lowest BCUT2D eigenvalue weighted by Gasteiger charge is -2.23. The molecule has 0 fully saturated rings. The van der Waals surface area contributed by atoms with Crippen molar-refractivity contribution in [1.29, 1.82) is 0 Å². The summed E-state index contributed by atoms with van der Waals surface area (Å²) in [6.45, 7) is 2.32. The van der Waals surface area contributed by atoms with E-state index < -0.39 is 11.5 Å². The van der Waals surface area contributed by atoms with Crippen molar-refractivity contribution in [1.82, 2.24) is 0 Å². The fraction of sp³-hybridized carbons (Fsp3) is 0.200. The van der Waals surface area contributed by atoms with Gasteiger partial charge in [-0.15, -0.1) is 0 Å². The Balaban J connectivity index is 1.65. The molecule has 4 rings (SSSR count). The third-order valence-electron chi connectivity index (χ3n) is 5.49. The van der Waals surface area contributed by atoms with Gasteiger partial charge in [0.1, 0.15) is 5.75 Å². The summed E-state index contributed by atoms with van der Waals surface area (Å²) in [7, 11) is 1.55. The van der Waals surface area contributed by atoms with Crippen molar-refractivity contribution in [2.24, 2.45) is 0 Å². The summed E-state index contributed by atoms with van der Waals surface area (Å²) in [6, 6.07) is 21.7. The van der Waals surface area contributed by atoms with E-state index in [0.717, 1.165) is 11.1 Å². The number of aryl methyl sites for hydroxylation is 1. The first kappa shape index (κ1) is 19.9. The summed E-state index contributed by atoms with van der Waals surface area (Å²) < 4.78 is 5.12. The minimum absolute atomic E-state index is 0.305. The van der Waals surface area contributed by atoms with Crippen molar-refractivity contribution in [3.63, 3.8) is 0 Å². The highest BCUT2D eigenvalue weighted by Crippen LogP contribution is 2.43. The molecule has 1 unspecified atom stereocenters. The Morgan fingerprint density at radius 1 is 1.03 bits per heavy atom. The molecule has 0 bridgehead atoms. The molecule has 1 amide bonds. The zero-order chi connectivity index (χ0) is 21.3. The standard InChI is InChI=1S/C25H23NO4/c1-17-6-5-7-18(14-17)16-26-22-9-4-3-8-21(22)25(29,24(26)28)15-23(27)19-10-12-20(30-2)13-11-19/h3-14,29H,15-16H2,1-2H3. The minimum Gasteiger partial charge on any atom is -0.497 e. The molecule has 0 spiro atoms. The molecule has 0 saturated carbocycles. The Bertz CT molecular complexity index is 1110. The van der Waals surface area contributed by atoms with E-state index in [4.69, 9.17) is 4.74 Å². The molecule has 3 aromatic rings. The summed E-state index contributed by atoms with van der Waals surface area (Å²) in [5.74, 6) is -0.148. The number of carbonyl (C=O) groups is 2. The molecule has 152 valence electrons. The summed E-state index contributed by atoms with van der Waals surface area (Å²) >= 11 is 0. The number of rotatable bonds is 6. The average Bonchev–Trinajstić information content (AvgIpc) is 2.96. The number of methoxy groups -OCH3 is 1. The van der Waals surface area contributed by atoms with Gasteiger partial charge in [0.15, 0.2) is 11.4 Å². The number of aliphatic hydroxyl groups is 1. The maximum atomic E-state index is 13.3.